The van der Waals surface area contributed by atoms with Gasteiger partial charge in [-0.05, 0) is 41.3 Å². The number of rotatable bonds is 2. The van der Waals surface area contributed by atoms with Crippen LogP contribution in [0.3, 0.4) is 0 Å². The summed E-state index contributed by atoms with van der Waals surface area (Å²) < 4.78 is 13.1. The molecule has 0 radical (unpaired) electrons. The lowest BCUT2D eigenvalue weighted by Gasteiger charge is -2.13. The first-order valence-electron chi connectivity index (χ1n) is 5.63. The number of fused-ring (bicyclic) bond motifs is 1. The molecule has 1 aliphatic rings. The minimum Gasteiger partial charge on any atom is -0.330 e. The molecule has 1 saturated carbocycles. The molecule has 3 rings (SSSR count). The molecule has 1 fully saturated rings. The summed E-state index contributed by atoms with van der Waals surface area (Å²) in [4.78, 5) is 0. The Bertz CT molecular complexity index is 543. The van der Waals surface area contributed by atoms with Crippen molar-refractivity contribution in [3.05, 3.63) is 47.8 Å². The van der Waals surface area contributed by atoms with Gasteiger partial charge in [-0.3, -0.25) is 0 Å². The summed E-state index contributed by atoms with van der Waals surface area (Å²) in [5.41, 5.74) is 7.24. The number of nitrogens with two attached hydrogens (primary N) is 1. The third-order valence-corrected chi connectivity index (χ3v) is 3.66. The van der Waals surface area contributed by atoms with E-state index in [1.807, 2.05) is 6.07 Å². The molecule has 0 atom stereocenters. The molecule has 0 aromatic heterocycles. The van der Waals surface area contributed by atoms with Gasteiger partial charge < -0.3 is 5.73 Å². The molecule has 2 aromatic carbocycles. The second-order valence-electron chi connectivity index (χ2n) is 4.69. The molecule has 2 aromatic rings. The Morgan fingerprint density at radius 3 is 2.50 bits per heavy atom. The fourth-order valence-corrected chi connectivity index (χ4v) is 2.31. The first kappa shape index (κ1) is 9.79. The van der Waals surface area contributed by atoms with E-state index in [9.17, 15) is 4.39 Å². The zero-order chi connectivity index (χ0) is 11.2. The van der Waals surface area contributed by atoms with Crippen molar-refractivity contribution in [2.45, 2.75) is 18.3 Å². The summed E-state index contributed by atoms with van der Waals surface area (Å²) in [5.74, 6) is -0.178. The van der Waals surface area contributed by atoms with Crippen LogP contribution in [0.5, 0.6) is 0 Å². The molecule has 0 heterocycles. The number of halogens is 1. The minimum absolute atomic E-state index is 0.178. The van der Waals surface area contributed by atoms with E-state index in [0.29, 0.717) is 6.54 Å². The molecular formula is C14H14FN. The Balaban J connectivity index is 2.15. The Kier molecular flexibility index (Phi) is 2.01. The Morgan fingerprint density at radius 2 is 1.81 bits per heavy atom. The van der Waals surface area contributed by atoms with Crippen molar-refractivity contribution < 1.29 is 4.39 Å². The third kappa shape index (κ3) is 1.41. The zero-order valence-corrected chi connectivity index (χ0v) is 9.04. The van der Waals surface area contributed by atoms with Gasteiger partial charge >= 0.3 is 0 Å². The molecule has 0 spiro atoms. The lowest BCUT2D eigenvalue weighted by Crippen LogP contribution is -2.19. The van der Waals surface area contributed by atoms with Crippen LogP contribution >= 0.6 is 0 Å². The van der Waals surface area contributed by atoms with E-state index >= 15 is 0 Å². The molecule has 1 nitrogen and oxygen atoms in total. The molecule has 0 saturated heterocycles. The van der Waals surface area contributed by atoms with Crippen molar-refractivity contribution in [1.29, 1.82) is 0 Å². The monoisotopic (exact) mass is 215 g/mol. The Morgan fingerprint density at radius 1 is 1.06 bits per heavy atom. The number of hydrogen-bond acceptors (Lipinski definition) is 1. The second-order valence-corrected chi connectivity index (χ2v) is 4.69. The first-order valence-corrected chi connectivity index (χ1v) is 5.63. The van der Waals surface area contributed by atoms with Crippen LogP contribution in [-0.2, 0) is 5.41 Å². The molecule has 16 heavy (non-hydrogen) atoms. The highest BCUT2D eigenvalue weighted by Gasteiger charge is 2.42. The van der Waals surface area contributed by atoms with Gasteiger partial charge in [0.15, 0.2) is 0 Å². The van der Waals surface area contributed by atoms with E-state index in [2.05, 4.69) is 18.2 Å². The lowest BCUT2D eigenvalue weighted by molar-refractivity contribution is 0.629. The van der Waals surface area contributed by atoms with E-state index in [-0.39, 0.29) is 11.2 Å². The van der Waals surface area contributed by atoms with Crippen molar-refractivity contribution >= 4 is 10.8 Å². The van der Waals surface area contributed by atoms with Gasteiger partial charge in [-0.15, -0.1) is 0 Å². The molecule has 1 aliphatic carbocycles. The van der Waals surface area contributed by atoms with E-state index in [1.54, 1.807) is 6.07 Å². The topological polar surface area (TPSA) is 26.0 Å². The highest BCUT2D eigenvalue weighted by molar-refractivity contribution is 5.83. The quantitative estimate of drug-likeness (QED) is 0.818. The van der Waals surface area contributed by atoms with Gasteiger partial charge in [-0.1, -0.05) is 24.3 Å². The van der Waals surface area contributed by atoms with Gasteiger partial charge in [0.1, 0.15) is 5.82 Å². The molecule has 2 N–H and O–H groups in total. The summed E-state index contributed by atoms with van der Waals surface area (Å²) >= 11 is 0. The van der Waals surface area contributed by atoms with Crippen molar-refractivity contribution in [1.82, 2.24) is 0 Å². The van der Waals surface area contributed by atoms with Crippen molar-refractivity contribution in [3.8, 4) is 0 Å². The van der Waals surface area contributed by atoms with Crippen LogP contribution in [0.25, 0.3) is 10.8 Å². The maximum atomic E-state index is 13.1. The average molecular weight is 215 g/mol. The Hall–Kier alpha value is -1.41. The van der Waals surface area contributed by atoms with Crippen LogP contribution < -0.4 is 5.73 Å². The summed E-state index contributed by atoms with van der Waals surface area (Å²) in [6.07, 6.45) is 2.31. The van der Waals surface area contributed by atoms with Crippen LogP contribution in [0.4, 0.5) is 4.39 Å². The SMILES string of the molecule is NCC1(c2ccc3ccc(F)cc3c2)CC1. The standard InChI is InChI=1S/C14H14FN/c15-13-4-2-10-1-3-12(7-11(10)8-13)14(9-16)5-6-14/h1-4,7-8H,5-6,9,16H2. The maximum absolute atomic E-state index is 13.1. The molecular weight excluding hydrogens is 201 g/mol. The van der Waals surface area contributed by atoms with Gasteiger partial charge in [-0.25, -0.2) is 4.39 Å². The highest BCUT2D eigenvalue weighted by atomic mass is 19.1. The third-order valence-electron chi connectivity index (χ3n) is 3.66. The van der Waals surface area contributed by atoms with E-state index < -0.39 is 0 Å². The fourth-order valence-electron chi connectivity index (χ4n) is 2.31. The van der Waals surface area contributed by atoms with Crippen LogP contribution in [0, 0.1) is 5.82 Å². The number of benzene rings is 2. The van der Waals surface area contributed by atoms with E-state index in [0.717, 1.165) is 23.6 Å². The van der Waals surface area contributed by atoms with Gasteiger partial charge in [0.25, 0.3) is 0 Å². The summed E-state index contributed by atoms with van der Waals surface area (Å²) in [6, 6.07) is 11.2. The molecule has 0 unspecified atom stereocenters. The summed E-state index contributed by atoms with van der Waals surface area (Å²) in [7, 11) is 0. The van der Waals surface area contributed by atoms with Crippen LogP contribution in [0.15, 0.2) is 36.4 Å². The number of hydrogen-bond donors (Lipinski definition) is 1. The molecule has 0 aliphatic heterocycles. The predicted octanol–water partition coefficient (Wildman–Crippen LogP) is 2.97. The highest BCUT2D eigenvalue weighted by Crippen LogP contribution is 2.47. The van der Waals surface area contributed by atoms with Gasteiger partial charge in [0, 0.05) is 12.0 Å². The molecule has 2 heteroatoms. The van der Waals surface area contributed by atoms with Crippen LogP contribution in [0.1, 0.15) is 18.4 Å². The molecule has 0 amide bonds. The van der Waals surface area contributed by atoms with E-state index in [1.165, 1.54) is 11.6 Å². The van der Waals surface area contributed by atoms with E-state index in [4.69, 9.17) is 5.73 Å². The molecule has 0 bridgehead atoms. The summed E-state index contributed by atoms with van der Waals surface area (Å²) in [6.45, 7) is 0.688. The Labute approximate surface area is 94.1 Å². The van der Waals surface area contributed by atoms with Crippen molar-refractivity contribution in [2.24, 2.45) is 5.73 Å². The smallest absolute Gasteiger partial charge is 0.123 e. The van der Waals surface area contributed by atoms with Crippen molar-refractivity contribution in [3.63, 3.8) is 0 Å². The van der Waals surface area contributed by atoms with Gasteiger partial charge in [0.05, 0.1) is 0 Å². The van der Waals surface area contributed by atoms with Gasteiger partial charge in [-0.2, -0.15) is 0 Å². The predicted molar refractivity (Wildman–Crippen MR) is 63.9 cm³/mol. The lowest BCUT2D eigenvalue weighted by atomic mass is 9.94. The maximum Gasteiger partial charge on any atom is 0.123 e. The largest absolute Gasteiger partial charge is 0.330 e. The normalized spacial score (nSPS) is 17.6. The first-order chi connectivity index (χ1) is 7.73. The van der Waals surface area contributed by atoms with Crippen LogP contribution in [-0.4, -0.2) is 6.54 Å². The summed E-state index contributed by atoms with van der Waals surface area (Å²) in [5, 5.41) is 2.05. The minimum atomic E-state index is -0.178. The average Bonchev–Trinajstić information content (AvgIpc) is 3.09. The second kappa shape index (κ2) is 3.29. The van der Waals surface area contributed by atoms with Crippen LogP contribution in [0.2, 0.25) is 0 Å². The fraction of sp³-hybridized carbons (Fsp3) is 0.286. The van der Waals surface area contributed by atoms with Gasteiger partial charge in [0.2, 0.25) is 0 Å². The van der Waals surface area contributed by atoms with Crippen molar-refractivity contribution in [2.75, 3.05) is 6.54 Å². The zero-order valence-electron chi connectivity index (χ0n) is 9.04. The molecule has 82 valence electrons.